The number of carbonyl (C=O) groups is 1. The van der Waals surface area contributed by atoms with Gasteiger partial charge in [0, 0.05) is 24.4 Å². The van der Waals surface area contributed by atoms with Crippen LogP contribution < -0.4 is 10.6 Å². The zero-order chi connectivity index (χ0) is 16.7. The largest absolute Gasteiger partial charge is 0.337 e. The summed E-state index contributed by atoms with van der Waals surface area (Å²) in [7, 11) is 0. The van der Waals surface area contributed by atoms with Gasteiger partial charge in [-0.2, -0.15) is 0 Å². The van der Waals surface area contributed by atoms with Crippen LogP contribution in [0.25, 0.3) is 0 Å². The smallest absolute Gasteiger partial charge is 0.319 e. The molecule has 4 aliphatic carbocycles. The van der Waals surface area contributed by atoms with Crippen LogP contribution in [0.5, 0.6) is 0 Å². The molecule has 6 heteroatoms. The molecule has 2 N–H and O–H groups in total. The number of nitrogens with zero attached hydrogens (tertiary/aromatic N) is 1. The molecular formula is C18H23N3O3. The molecule has 4 bridgehead atoms. The molecule has 0 atom stereocenters. The molecule has 0 spiro atoms. The third kappa shape index (κ3) is 2.97. The average Bonchev–Trinajstić information content (AvgIpc) is 2.52. The number of benzene rings is 1. The number of carbonyl (C=O) groups excluding carboxylic acids is 1. The molecule has 0 aromatic heterocycles. The second-order valence-corrected chi connectivity index (χ2v) is 8.03. The van der Waals surface area contributed by atoms with Crippen LogP contribution in [-0.2, 0) is 0 Å². The highest BCUT2D eigenvalue weighted by Gasteiger charge is 2.50. The third-order valence-electron chi connectivity index (χ3n) is 6.10. The van der Waals surface area contributed by atoms with Crippen LogP contribution in [0.1, 0.15) is 38.5 Å². The molecule has 24 heavy (non-hydrogen) atoms. The lowest BCUT2D eigenvalue weighted by Crippen LogP contribution is -2.51. The van der Waals surface area contributed by atoms with Crippen LogP contribution in [0.2, 0.25) is 0 Å². The summed E-state index contributed by atoms with van der Waals surface area (Å²) in [4.78, 5) is 22.5. The summed E-state index contributed by atoms with van der Waals surface area (Å²) >= 11 is 0. The van der Waals surface area contributed by atoms with E-state index in [1.807, 2.05) is 0 Å². The third-order valence-corrected chi connectivity index (χ3v) is 6.10. The molecule has 0 aliphatic heterocycles. The van der Waals surface area contributed by atoms with Crippen molar-refractivity contribution in [1.82, 2.24) is 5.32 Å². The quantitative estimate of drug-likeness (QED) is 0.648. The molecule has 1 aromatic carbocycles. The summed E-state index contributed by atoms with van der Waals surface area (Å²) < 4.78 is 0. The highest BCUT2D eigenvalue weighted by atomic mass is 16.6. The van der Waals surface area contributed by atoms with Crippen molar-refractivity contribution in [2.75, 3.05) is 11.9 Å². The second-order valence-electron chi connectivity index (χ2n) is 8.03. The minimum atomic E-state index is -0.460. The van der Waals surface area contributed by atoms with Gasteiger partial charge in [-0.1, -0.05) is 6.07 Å². The van der Waals surface area contributed by atoms with Crippen molar-refractivity contribution in [1.29, 1.82) is 0 Å². The van der Waals surface area contributed by atoms with Gasteiger partial charge in [0.2, 0.25) is 0 Å². The molecule has 4 saturated carbocycles. The standard InChI is InChI=1S/C18H23N3O3/c22-17(20-15-2-1-3-16(7-15)21(23)24)19-11-18-8-12-4-13(9-18)6-14(5-12)10-18/h1-3,7,12-14H,4-6,8-11H2,(H2,19,20,22). The zero-order valence-electron chi connectivity index (χ0n) is 13.7. The first-order valence-corrected chi connectivity index (χ1v) is 8.81. The van der Waals surface area contributed by atoms with Gasteiger partial charge in [0.25, 0.3) is 5.69 Å². The lowest BCUT2D eigenvalue weighted by Gasteiger charge is -2.56. The highest BCUT2D eigenvalue weighted by molar-refractivity contribution is 5.89. The van der Waals surface area contributed by atoms with E-state index in [9.17, 15) is 14.9 Å². The fraction of sp³-hybridized carbons (Fsp3) is 0.611. The summed E-state index contributed by atoms with van der Waals surface area (Å²) in [6.45, 7) is 0.720. The van der Waals surface area contributed by atoms with Crippen molar-refractivity contribution in [2.24, 2.45) is 23.2 Å². The molecule has 0 unspecified atom stereocenters. The van der Waals surface area contributed by atoms with Gasteiger partial charge in [-0.05, 0) is 67.8 Å². The molecule has 4 fully saturated rings. The Labute approximate surface area is 141 Å². The van der Waals surface area contributed by atoms with Gasteiger partial charge in [-0.3, -0.25) is 10.1 Å². The average molecular weight is 329 g/mol. The lowest BCUT2D eigenvalue weighted by atomic mass is 9.49. The Morgan fingerprint density at radius 1 is 1.17 bits per heavy atom. The maximum atomic E-state index is 12.2. The first kappa shape index (κ1) is 15.4. The Hall–Kier alpha value is -2.11. The number of hydrogen-bond donors (Lipinski definition) is 2. The molecule has 6 nitrogen and oxygen atoms in total. The van der Waals surface area contributed by atoms with E-state index in [2.05, 4.69) is 10.6 Å². The minimum Gasteiger partial charge on any atom is -0.337 e. The fourth-order valence-electron chi connectivity index (χ4n) is 5.65. The van der Waals surface area contributed by atoms with E-state index < -0.39 is 4.92 Å². The van der Waals surface area contributed by atoms with Crippen LogP contribution in [0.3, 0.4) is 0 Å². The van der Waals surface area contributed by atoms with Crippen molar-refractivity contribution in [3.05, 3.63) is 34.4 Å². The topological polar surface area (TPSA) is 84.3 Å². The monoisotopic (exact) mass is 329 g/mol. The number of nitrogens with one attached hydrogen (secondary N) is 2. The minimum absolute atomic E-state index is 0.0196. The van der Waals surface area contributed by atoms with Crippen LogP contribution in [0, 0.1) is 33.3 Å². The second kappa shape index (κ2) is 5.76. The SMILES string of the molecule is O=C(NCC12CC3CC(CC(C3)C1)C2)Nc1cccc([N+](=O)[O-])c1. The van der Waals surface area contributed by atoms with Crippen molar-refractivity contribution in [3.63, 3.8) is 0 Å². The Balaban J connectivity index is 1.35. The van der Waals surface area contributed by atoms with E-state index in [0.29, 0.717) is 5.69 Å². The van der Waals surface area contributed by atoms with E-state index in [1.165, 1.54) is 50.7 Å². The first-order chi connectivity index (χ1) is 11.5. The van der Waals surface area contributed by atoms with Crippen LogP contribution in [0.4, 0.5) is 16.2 Å². The molecular weight excluding hydrogens is 306 g/mol. The van der Waals surface area contributed by atoms with Gasteiger partial charge >= 0.3 is 6.03 Å². The predicted molar refractivity (Wildman–Crippen MR) is 90.7 cm³/mol. The highest BCUT2D eigenvalue weighted by Crippen LogP contribution is 2.59. The van der Waals surface area contributed by atoms with E-state index in [0.717, 1.165) is 24.3 Å². The summed E-state index contributed by atoms with van der Waals surface area (Å²) in [5.74, 6) is 2.58. The summed E-state index contributed by atoms with van der Waals surface area (Å²) in [5, 5.41) is 16.5. The Kier molecular flexibility index (Phi) is 3.70. The van der Waals surface area contributed by atoms with Gasteiger partial charge in [0.1, 0.15) is 0 Å². The lowest BCUT2D eigenvalue weighted by molar-refractivity contribution is -0.384. The Morgan fingerprint density at radius 3 is 2.38 bits per heavy atom. The fourth-order valence-corrected chi connectivity index (χ4v) is 5.65. The van der Waals surface area contributed by atoms with Crippen molar-refractivity contribution >= 4 is 17.4 Å². The molecule has 1 aromatic rings. The van der Waals surface area contributed by atoms with Gasteiger partial charge < -0.3 is 10.6 Å². The van der Waals surface area contributed by atoms with Crippen LogP contribution >= 0.6 is 0 Å². The molecule has 4 aliphatic rings. The van der Waals surface area contributed by atoms with Crippen molar-refractivity contribution in [3.8, 4) is 0 Å². The zero-order valence-corrected chi connectivity index (χ0v) is 13.7. The van der Waals surface area contributed by atoms with E-state index in [4.69, 9.17) is 0 Å². The number of urea groups is 1. The van der Waals surface area contributed by atoms with E-state index in [1.54, 1.807) is 12.1 Å². The first-order valence-electron chi connectivity index (χ1n) is 8.81. The molecule has 128 valence electrons. The maximum absolute atomic E-state index is 12.2. The van der Waals surface area contributed by atoms with Crippen molar-refractivity contribution < 1.29 is 9.72 Å². The molecule has 0 saturated heterocycles. The molecule has 0 heterocycles. The number of nitro benzene ring substituents is 1. The number of rotatable bonds is 4. The molecule has 5 rings (SSSR count). The van der Waals surface area contributed by atoms with Gasteiger partial charge in [0.15, 0.2) is 0 Å². The molecule has 2 amide bonds. The summed E-state index contributed by atoms with van der Waals surface area (Å²) in [6, 6.07) is 5.76. The number of hydrogen-bond acceptors (Lipinski definition) is 3. The molecule has 0 radical (unpaired) electrons. The number of non-ortho nitro benzene ring substituents is 1. The Bertz CT molecular complexity index is 638. The maximum Gasteiger partial charge on any atom is 0.319 e. The van der Waals surface area contributed by atoms with Gasteiger partial charge in [-0.25, -0.2) is 4.79 Å². The van der Waals surface area contributed by atoms with Crippen molar-refractivity contribution in [2.45, 2.75) is 38.5 Å². The Morgan fingerprint density at radius 2 is 1.79 bits per heavy atom. The van der Waals surface area contributed by atoms with Gasteiger partial charge in [0.05, 0.1) is 4.92 Å². The normalized spacial score (nSPS) is 33.2. The number of anilines is 1. The predicted octanol–water partition coefficient (Wildman–Crippen LogP) is 3.93. The van der Waals surface area contributed by atoms with Crippen LogP contribution in [-0.4, -0.2) is 17.5 Å². The summed E-state index contributed by atoms with van der Waals surface area (Å²) in [6.07, 6.45) is 7.90. The van der Waals surface area contributed by atoms with Crippen LogP contribution in [0.15, 0.2) is 24.3 Å². The van der Waals surface area contributed by atoms with E-state index >= 15 is 0 Å². The summed E-state index contributed by atoms with van der Waals surface area (Å²) in [5.41, 5.74) is 0.718. The van der Waals surface area contributed by atoms with Gasteiger partial charge in [-0.15, -0.1) is 0 Å². The number of nitro groups is 1. The van der Waals surface area contributed by atoms with E-state index in [-0.39, 0.29) is 17.1 Å². The number of amides is 2.